The number of aromatic amines is 1. The molecule has 0 saturated carbocycles. The number of aliphatic carboxylic acids is 1. The number of aromatic nitrogens is 4. The van der Waals surface area contributed by atoms with Gasteiger partial charge in [-0.25, -0.2) is 14.2 Å². The van der Waals surface area contributed by atoms with E-state index in [9.17, 15) is 17.6 Å². The molecule has 0 bridgehead atoms. The molecule has 5 aromatic rings. The first-order valence-corrected chi connectivity index (χ1v) is 10.2. The van der Waals surface area contributed by atoms with Crippen molar-refractivity contribution in [1.82, 2.24) is 19.9 Å². The largest absolute Gasteiger partial charge is 0.490 e. The smallest absolute Gasteiger partial charge is 0.475 e. The van der Waals surface area contributed by atoms with Crippen molar-refractivity contribution in [3.05, 3.63) is 65.8 Å². The molecule has 0 aliphatic carbocycles. The van der Waals surface area contributed by atoms with Gasteiger partial charge in [-0.2, -0.15) is 13.2 Å². The number of nitrogens with zero attached hydrogens (tertiary/aromatic N) is 3. The number of carboxylic acid groups (broad SMARTS) is 1. The molecule has 0 saturated heterocycles. The van der Waals surface area contributed by atoms with Gasteiger partial charge in [-0.1, -0.05) is 0 Å². The summed E-state index contributed by atoms with van der Waals surface area (Å²) >= 11 is 1.54. The molecule has 5 aromatic heterocycles. The SMILES string of the molecule is Cc1csc(-c2c(F)cnc3[nH]c4cnc(-c5cccnc5)cc4c23)c1.O=C(O)C(F)(F)F. The van der Waals surface area contributed by atoms with Gasteiger partial charge in [0.15, 0.2) is 5.82 Å². The Balaban J connectivity index is 0.000000325. The number of thiophene rings is 1. The quantitative estimate of drug-likeness (QED) is 0.307. The molecule has 0 fully saturated rings. The molecule has 5 heterocycles. The van der Waals surface area contributed by atoms with Gasteiger partial charge < -0.3 is 10.1 Å². The minimum Gasteiger partial charge on any atom is -0.475 e. The highest BCUT2D eigenvalue weighted by Crippen LogP contribution is 2.38. The second-order valence-electron chi connectivity index (χ2n) is 6.98. The van der Waals surface area contributed by atoms with Crippen LogP contribution >= 0.6 is 11.3 Å². The number of alkyl halides is 3. The predicted molar refractivity (Wildman–Crippen MR) is 116 cm³/mol. The Morgan fingerprint density at radius 1 is 1.15 bits per heavy atom. The highest BCUT2D eigenvalue weighted by molar-refractivity contribution is 7.13. The third-order valence-corrected chi connectivity index (χ3v) is 5.70. The molecule has 2 N–H and O–H groups in total. The van der Waals surface area contributed by atoms with Crippen LogP contribution in [0.2, 0.25) is 0 Å². The van der Waals surface area contributed by atoms with E-state index in [1.54, 1.807) is 18.6 Å². The maximum Gasteiger partial charge on any atom is 0.490 e. The number of rotatable bonds is 2. The zero-order valence-corrected chi connectivity index (χ0v) is 17.6. The maximum atomic E-state index is 14.7. The topological polar surface area (TPSA) is 91.8 Å². The summed E-state index contributed by atoms with van der Waals surface area (Å²) in [7, 11) is 0. The summed E-state index contributed by atoms with van der Waals surface area (Å²) in [6, 6.07) is 7.80. The number of hydrogen-bond acceptors (Lipinski definition) is 5. The van der Waals surface area contributed by atoms with Crippen LogP contribution in [0.1, 0.15) is 5.56 Å². The number of pyridine rings is 3. The Morgan fingerprint density at radius 2 is 1.91 bits per heavy atom. The lowest BCUT2D eigenvalue weighted by Crippen LogP contribution is -2.21. The highest BCUT2D eigenvalue weighted by Gasteiger charge is 2.38. The van der Waals surface area contributed by atoms with Crippen LogP contribution in [-0.4, -0.2) is 37.2 Å². The molecular weight excluding hydrogens is 460 g/mol. The van der Waals surface area contributed by atoms with Gasteiger partial charge in [0.1, 0.15) is 5.65 Å². The number of carbonyl (C=O) groups is 1. The van der Waals surface area contributed by atoms with E-state index in [2.05, 4.69) is 19.9 Å². The Morgan fingerprint density at radius 3 is 2.52 bits per heavy atom. The molecule has 0 aliphatic heterocycles. The van der Waals surface area contributed by atoms with E-state index in [1.807, 2.05) is 36.6 Å². The van der Waals surface area contributed by atoms with E-state index in [4.69, 9.17) is 9.90 Å². The van der Waals surface area contributed by atoms with Crippen LogP contribution in [0.5, 0.6) is 0 Å². The van der Waals surface area contributed by atoms with Crippen LogP contribution in [-0.2, 0) is 4.79 Å². The molecule has 0 amide bonds. The molecular formula is C22H14F4N4O2S. The Bertz CT molecular complexity index is 1460. The van der Waals surface area contributed by atoms with Crippen LogP contribution in [0.15, 0.2) is 54.4 Å². The predicted octanol–water partition coefficient (Wildman–Crippen LogP) is 5.98. The molecule has 33 heavy (non-hydrogen) atoms. The maximum absolute atomic E-state index is 14.7. The van der Waals surface area contributed by atoms with E-state index in [0.717, 1.165) is 38.0 Å². The Hall–Kier alpha value is -3.86. The van der Waals surface area contributed by atoms with Crippen molar-refractivity contribution in [1.29, 1.82) is 0 Å². The summed E-state index contributed by atoms with van der Waals surface area (Å²) in [6.45, 7) is 2.01. The lowest BCUT2D eigenvalue weighted by Gasteiger charge is -2.04. The van der Waals surface area contributed by atoms with E-state index in [0.29, 0.717) is 11.2 Å². The summed E-state index contributed by atoms with van der Waals surface area (Å²) in [5, 5.41) is 10.8. The molecule has 11 heteroatoms. The summed E-state index contributed by atoms with van der Waals surface area (Å²) in [5.41, 5.74) is 4.91. The van der Waals surface area contributed by atoms with Gasteiger partial charge in [0, 0.05) is 39.2 Å². The summed E-state index contributed by atoms with van der Waals surface area (Å²) in [5.74, 6) is -3.08. The third kappa shape index (κ3) is 4.53. The van der Waals surface area contributed by atoms with Crippen LogP contribution in [0.4, 0.5) is 17.6 Å². The van der Waals surface area contributed by atoms with Gasteiger partial charge in [0.2, 0.25) is 0 Å². The Labute approximate surface area is 187 Å². The van der Waals surface area contributed by atoms with Crippen molar-refractivity contribution in [2.45, 2.75) is 13.1 Å². The fourth-order valence-corrected chi connectivity index (χ4v) is 4.16. The molecule has 5 rings (SSSR count). The minimum atomic E-state index is -5.08. The number of nitrogens with one attached hydrogen (secondary N) is 1. The van der Waals surface area contributed by atoms with E-state index in [-0.39, 0.29) is 5.82 Å². The van der Waals surface area contributed by atoms with Gasteiger partial charge in [-0.15, -0.1) is 11.3 Å². The standard InChI is InChI=1S/C20H13FN4S.C2HF3O2/c1-11-5-17(26-10-11)19-14(21)8-24-20-18(19)13-6-15(23-9-16(13)25-20)12-3-2-4-22-7-12;3-2(4,5)1(6)7/h2-10H,1H3,(H,24,25);(H,6,7). The van der Waals surface area contributed by atoms with Crippen molar-refractivity contribution < 1.29 is 27.5 Å². The summed E-state index contributed by atoms with van der Waals surface area (Å²) in [6.07, 6.45) is 1.45. The highest BCUT2D eigenvalue weighted by atomic mass is 32.1. The second kappa shape index (κ2) is 8.58. The van der Waals surface area contributed by atoms with Crippen LogP contribution in [0, 0.1) is 12.7 Å². The average molecular weight is 474 g/mol. The van der Waals surface area contributed by atoms with Crippen molar-refractivity contribution in [2.24, 2.45) is 0 Å². The van der Waals surface area contributed by atoms with Crippen molar-refractivity contribution in [3.8, 4) is 21.7 Å². The monoisotopic (exact) mass is 474 g/mol. The van der Waals surface area contributed by atoms with Crippen LogP contribution < -0.4 is 0 Å². The van der Waals surface area contributed by atoms with Crippen molar-refractivity contribution in [2.75, 3.05) is 0 Å². The number of fused-ring (bicyclic) bond motifs is 3. The third-order valence-electron chi connectivity index (χ3n) is 4.64. The van der Waals surface area contributed by atoms with Crippen LogP contribution in [0.25, 0.3) is 43.6 Å². The fraction of sp³-hybridized carbons (Fsp3) is 0.0909. The Kier molecular flexibility index (Phi) is 5.81. The molecule has 0 spiro atoms. The zero-order valence-electron chi connectivity index (χ0n) is 16.8. The molecule has 168 valence electrons. The second-order valence-corrected chi connectivity index (χ2v) is 7.89. The summed E-state index contributed by atoms with van der Waals surface area (Å²) < 4.78 is 46.5. The number of H-pyrrole nitrogens is 1. The molecule has 0 aliphatic rings. The van der Waals surface area contributed by atoms with Gasteiger partial charge in [-0.3, -0.25) is 9.97 Å². The number of halogens is 4. The molecule has 0 radical (unpaired) electrons. The number of hydrogen-bond donors (Lipinski definition) is 2. The average Bonchev–Trinajstić information content (AvgIpc) is 3.37. The number of aryl methyl sites for hydroxylation is 1. The molecule has 0 aromatic carbocycles. The van der Waals surface area contributed by atoms with Crippen molar-refractivity contribution >= 4 is 39.2 Å². The molecule has 6 nitrogen and oxygen atoms in total. The van der Waals surface area contributed by atoms with E-state index < -0.39 is 12.1 Å². The minimum absolute atomic E-state index is 0.319. The van der Waals surface area contributed by atoms with E-state index >= 15 is 0 Å². The number of carboxylic acids is 1. The lowest BCUT2D eigenvalue weighted by atomic mass is 10.1. The first kappa shape index (κ1) is 22.3. The lowest BCUT2D eigenvalue weighted by molar-refractivity contribution is -0.192. The normalized spacial score (nSPS) is 11.4. The fourth-order valence-electron chi connectivity index (χ4n) is 3.21. The summed E-state index contributed by atoms with van der Waals surface area (Å²) in [4.78, 5) is 26.0. The molecule has 0 unspecified atom stereocenters. The van der Waals surface area contributed by atoms with E-state index in [1.165, 1.54) is 17.5 Å². The van der Waals surface area contributed by atoms with Gasteiger partial charge in [0.05, 0.1) is 23.6 Å². The first-order chi connectivity index (χ1) is 15.6. The van der Waals surface area contributed by atoms with Gasteiger partial charge in [0.25, 0.3) is 0 Å². The van der Waals surface area contributed by atoms with Gasteiger partial charge in [-0.05, 0) is 42.1 Å². The van der Waals surface area contributed by atoms with Crippen molar-refractivity contribution in [3.63, 3.8) is 0 Å². The van der Waals surface area contributed by atoms with Gasteiger partial charge >= 0.3 is 12.1 Å². The molecule has 0 atom stereocenters. The van der Waals surface area contributed by atoms with Crippen LogP contribution in [0.3, 0.4) is 0 Å². The first-order valence-electron chi connectivity index (χ1n) is 9.37. The zero-order chi connectivity index (χ0) is 23.8.